The highest BCUT2D eigenvalue weighted by molar-refractivity contribution is 7.99. The second-order valence-electron chi connectivity index (χ2n) is 4.83. The van der Waals surface area contributed by atoms with Crippen LogP contribution in [0.15, 0.2) is 17.4 Å². The molecule has 0 aromatic carbocycles. The lowest BCUT2D eigenvalue weighted by Gasteiger charge is -2.19. The molecule has 0 aliphatic carbocycles. The fourth-order valence-corrected chi connectivity index (χ4v) is 3.34. The van der Waals surface area contributed by atoms with Gasteiger partial charge in [0.1, 0.15) is 0 Å². The summed E-state index contributed by atoms with van der Waals surface area (Å²) in [4.78, 5) is 25.4. The normalized spacial score (nSPS) is 10.8. The van der Waals surface area contributed by atoms with Crippen LogP contribution in [-0.4, -0.2) is 56.7 Å². The van der Waals surface area contributed by atoms with E-state index in [9.17, 15) is 9.59 Å². The van der Waals surface area contributed by atoms with Crippen LogP contribution in [0.3, 0.4) is 0 Å². The highest BCUT2D eigenvalue weighted by atomic mass is 35.5. The van der Waals surface area contributed by atoms with Gasteiger partial charge in [0, 0.05) is 19.3 Å². The third-order valence-corrected chi connectivity index (χ3v) is 4.58. The molecule has 7 nitrogen and oxygen atoms in total. The number of hydrogen-bond donors (Lipinski definition) is 1. The van der Waals surface area contributed by atoms with Crippen molar-refractivity contribution in [2.24, 2.45) is 0 Å². The third-order valence-electron chi connectivity index (χ3n) is 3.16. The van der Waals surface area contributed by atoms with Gasteiger partial charge in [-0.3, -0.25) is 14.0 Å². The molecule has 1 N–H and O–H groups in total. The van der Waals surface area contributed by atoms with Gasteiger partial charge in [0.15, 0.2) is 10.8 Å². The molecule has 0 atom stereocenters. The Morgan fingerprint density at radius 3 is 2.75 bits per heavy atom. The van der Waals surface area contributed by atoms with Gasteiger partial charge < -0.3 is 10.2 Å². The van der Waals surface area contributed by atoms with Gasteiger partial charge in [-0.2, -0.15) is 0 Å². The number of nitrogens with zero attached hydrogens (tertiary/aromatic N) is 4. The molecule has 0 saturated carbocycles. The Kier molecular flexibility index (Phi) is 6.70. The van der Waals surface area contributed by atoms with E-state index in [1.165, 1.54) is 16.7 Å². The zero-order valence-electron chi connectivity index (χ0n) is 13.3. The number of pyridine rings is 1. The van der Waals surface area contributed by atoms with Crippen LogP contribution in [0.2, 0.25) is 10.0 Å². The number of nitrogens with one attached hydrogen (secondary N) is 1. The van der Waals surface area contributed by atoms with E-state index in [2.05, 4.69) is 15.5 Å². The molecule has 24 heavy (non-hydrogen) atoms. The SMILES string of the molecule is CCNC(=O)CN(CC)C(=O)CSc1nnc2c(Cl)cc(Cl)cn12. The molecule has 0 unspecified atom stereocenters. The number of amides is 2. The number of hydrogen-bond acceptors (Lipinski definition) is 5. The van der Waals surface area contributed by atoms with Crippen LogP contribution in [0.4, 0.5) is 0 Å². The quantitative estimate of drug-likeness (QED) is 0.733. The van der Waals surface area contributed by atoms with E-state index in [0.717, 1.165) is 0 Å². The molecule has 2 aromatic rings. The highest BCUT2D eigenvalue weighted by Gasteiger charge is 2.17. The zero-order valence-corrected chi connectivity index (χ0v) is 15.6. The molecule has 0 bridgehead atoms. The van der Waals surface area contributed by atoms with Crippen molar-refractivity contribution < 1.29 is 9.59 Å². The van der Waals surface area contributed by atoms with Crippen molar-refractivity contribution in [1.29, 1.82) is 0 Å². The van der Waals surface area contributed by atoms with Crippen LogP contribution in [0.5, 0.6) is 0 Å². The zero-order chi connectivity index (χ0) is 17.7. The molecule has 2 amide bonds. The van der Waals surface area contributed by atoms with Gasteiger partial charge >= 0.3 is 0 Å². The molecule has 2 heterocycles. The Bertz CT molecular complexity index is 752. The van der Waals surface area contributed by atoms with Crippen LogP contribution >= 0.6 is 35.0 Å². The molecule has 0 aliphatic heterocycles. The second kappa shape index (κ2) is 8.55. The number of fused-ring (bicyclic) bond motifs is 1. The maximum Gasteiger partial charge on any atom is 0.239 e. The molecule has 0 aliphatic rings. The van der Waals surface area contributed by atoms with Crippen LogP contribution in [0, 0.1) is 0 Å². The van der Waals surface area contributed by atoms with Crippen molar-refractivity contribution >= 4 is 52.4 Å². The Morgan fingerprint density at radius 1 is 1.33 bits per heavy atom. The average Bonchev–Trinajstić information content (AvgIpc) is 2.93. The minimum atomic E-state index is -0.177. The largest absolute Gasteiger partial charge is 0.355 e. The monoisotopic (exact) mass is 389 g/mol. The minimum absolute atomic E-state index is 0.0436. The average molecular weight is 390 g/mol. The molecular formula is C14H17Cl2N5O2S. The summed E-state index contributed by atoms with van der Waals surface area (Å²) in [6.07, 6.45) is 1.64. The summed E-state index contributed by atoms with van der Waals surface area (Å²) in [6, 6.07) is 1.58. The van der Waals surface area contributed by atoms with Gasteiger partial charge in [0.2, 0.25) is 11.8 Å². The maximum absolute atomic E-state index is 12.3. The summed E-state index contributed by atoms with van der Waals surface area (Å²) < 4.78 is 1.64. The van der Waals surface area contributed by atoms with Crippen molar-refractivity contribution in [2.45, 2.75) is 19.0 Å². The lowest BCUT2D eigenvalue weighted by atomic mass is 10.4. The number of carbonyl (C=O) groups is 2. The summed E-state index contributed by atoms with van der Waals surface area (Å²) in [5, 5.41) is 12.0. The lowest BCUT2D eigenvalue weighted by molar-refractivity contribution is -0.133. The van der Waals surface area contributed by atoms with E-state index in [0.29, 0.717) is 33.9 Å². The third kappa shape index (κ3) is 4.52. The number of rotatable bonds is 7. The Balaban J connectivity index is 2.04. The molecule has 10 heteroatoms. The molecule has 2 rings (SSSR count). The smallest absolute Gasteiger partial charge is 0.239 e. The Labute approximate surface area is 153 Å². The standard InChI is InChI=1S/C14H17Cl2N5O2S/c1-3-17-11(22)7-20(4-2)12(23)8-24-14-19-18-13-10(16)5-9(15)6-21(13)14/h5-6H,3-4,7-8H2,1-2H3,(H,17,22). The molecule has 0 spiro atoms. The second-order valence-corrected chi connectivity index (χ2v) is 6.62. The van der Waals surface area contributed by atoms with Gasteiger partial charge in [-0.25, -0.2) is 0 Å². The Morgan fingerprint density at radius 2 is 2.08 bits per heavy atom. The first-order chi connectivity index (χ1) is 11.5. The molecule has 2 aromatic heterocycles. The predicted octanol–water partition coefficient (Wildman–Crippen LogP) is 2.11. The van der Waals surface area contributed by atoms with Crippen molar-refractivity contribution in [3.05, 3.63) is 22.3 Å². The van der Waals surface area contributed by atoms with Crippen molar-refractivity contribution in [3.63, 3.8) is 0 Å². The van der Waals surface area contributed by atoms with Crippen molar-refractivity contribution in [3.8, 4) is 0 Å². The summed E-state index contributed by atoms with van der Waals surface area (Å²) in [6.45, 7) is 4.69. The van der Waals surface area contributed by atoms with E-state index in [4.69, 9.17) is 23.2 Å². The summed E-state index contributed by atoms with van der Waals surface area (Å²) in [5.41, 5.74) is 0.477. The maximum atomic E-state index is 12.3. The van der Waals surface area contributed by atoms with Gasteiger partial charge in [0.25, 0.3) is 0 Å². The summed E-state index contributed by atoms with van der Waals surface area (Å²) in [5.74, 6) is -0.194. The number of aromatic nitrogens is 3. The number of halogens is 2. The molecule has 0 saturated heterocycles. The van der Waals surface area contributed by atoms with Crippen LogP contribution in [0.25, 0.3) is 5.65 Å². The van der Waals surface area contributed by atoms with Crippen LogP contribution < -0.4 is 5.32 Å². The van der Waals surface area contributed by atoms with Gasteiger partial charge in [-0.1, -0.05) is 35.0 Å². The molecular weight excluding hydrogens is 373 g/mol. The highest BCUT2D eigenvalue weighted by Crippen LogP contribution is 2.25. The van der Waals surface area contributed by atoms with Gasteiger partial charge in [-0.15, -0.1) is 10.2 Å². The van der Waals surface area contributed by atoms with E-state index in [-0.39, 0.29) is 24.1 Å². The summed E-state index contributed by atoms with van der Waals surface area (Å²) in [7, 11) is 0. The first-order valence-corrected chi connectivity index (χ1v) is 9.07. The minimum Gasteiger partial charge on any atom is -0.355 e. The number of thioether (sulfide) groups is 1. The fraction of sp³-hybridized carbons (Fsp3) is 0.429. The molecule has 130 valence electrons. The number of carbonyl (C=O) groups excluding carboxylic acids is 2. The van der Waals surface area contributed by atoms with Crippen molar-refractivity contribution in [2.75, 3.05) is 25.4 Å². The van der Waals surface area contributed by atoms with Crippen LogP contribution in [0.1, 0.15) is 13.8 Å². The van der Waals surface area contributed by atoms with Crippen LogP contribution in [-0.2, 0) is 9.59 Å². The summed E-state index contributed by atoms with van der Waals surface area (Å²) >= 11 is 13.3. The van der Waals surface area contributed by atoms with E-state index in [1.54, 1.807) is 16.7 Å². The predicted molar refractivity (Wildman–Crippen MR) is 94.7 cm³/mol. The van der Waals surface area contributed by atoms with E-state index < -0.39 is 0 Å². The fourth-order valence-electron chi connectivity index (χ4n) is 2.02. The van der Waals surface area contributed by atoms with Gasteiger partial charge in [-0.05, 0) is 19.9 Å². The lowest BCUT2D eigenvalue weighted by Crippen LogP contribution is -2.41. The topological polar surface area (TPSA) is 79.6 Å². The number of likely N-dealkylation sites (N-methyl/N-ethyl adjacent to an activating group) is 2. The first kappa shape index (κ1) is 18.8. The first-order valence-electron chi connectivity index (χ1n) is 7.33. The van der Waals surface area contributed by atoms with Gasteiger partial charge in [0.05, 0.1) is 22.3 Å². The molecule has 0 radical (unpaired) electrons. The van der Waals surface area contributed by atoms with E-state index >= 15 is 0 Å². The van der Waals surface area contributed by atoms with E-state index in [1.807, 2.05) is 13.8 Å². The Hall–Kier alpha value is -1.51. The van der Waals surface area contributed by atoms with Crippen molar-refractivity contribution in [1.82, 2.24) is 24.8 Å². The molecule has 0 fully saturated rings.